The van der Waals surface area contributed by atoms with Gasteiger partial charge in [0.1, 0.15) is 0 Å². The maximum Gasteiger partial charge on any atom is 0.338 e. The Morgan fingerprint density at radius 1 is 1.03 bits per heavy atom. The van der Waals surface area contributed by atoms with E-state index in [-0.39, 0.29) is 45.7 Å². The number of nitrogens with one attached hydrogen (secondary N) is 1. The van der Waals surface area contributed by atoms with Crippen LogP contribution in [0, 0.1) is 30.6 Å². The third-order valence-corrected chi connectivity index (χ3v) is 8.69. The molecule has 2 aliphatic carbocycles. The molecule has 1 aliphatic heterocycles. The van der Waals surface area contributed by atoms with Gasteiger partial charge in [0.05, 0.1) is 33.8 Å². The fraction of sp³-hybridized carbons (Fsp3) is 0.360. The van der Waals surface area contributed by atoms with Gasteiger partial charge in [-0.25, -0.2) is 4.79 Å². The van der Waals surface area contributed by atoms with Crippen molar-refractivity contribution < 1.29 is 23.9 Å². The molecule has 2 bridgehead atoms. The van der Waals surface area contributed by atoms with E-state index in [2.05, 4.69) is 5.32 Å². The Balaban J connectivity index is 1.27. The summed E-state index contributed by atoms with van der Waals surface area (Å²) in [6.45, 7) is 1.29. The maximum atomic E-state index is 13.2. The van der Waals surface area contributed by atoms with Gasteiger partial charge >= 0.3 is 5.97 Å². The minimum Gasteiger partial charge on any atom is -0.452 e. The first kappa shape index (κ1) is 24.1. The number of ether oxygens (including phenoxy) is 1. The first-order chi connectivity index (χ1) is 16.7. The summed E-state index contributed by atoms with van der Waals surface area (Å²) in [6, 6.07) is 11.1. The van der Waals surface area contributed by atoms with E-state index < -0.39 is 30.3 Å². The number of amides is 3. The van der Waals surface area contributed by atoms with Crippen molar-refractivity contribution in [3.8, 4) is 0 Å². The Labute approximate surface area is 216 Å². The van der Waals surface area contributed by atoms with Crippen LogP contribution in [0.1, 0.15) is 22.3 Å². The second kappa shape index (κ2) is 9.12. The largest absolute Gasteiger partial charge is 0.452 e. The molecule has 0 radical (unpaired) electrons. The number of carbonyl (C=O) groups excluding carboxylic acids is 4. The molecule has 35 heavy (non-hydrogen) atoms. The van der Waals surface area contributed by atoms with E-state index in [1.165, 1.54) is 12.1 Å². The molecule has 1 saturated heterocycles. The highest BCUT2D eigenvalue weighted by Crippen LogP contribution is 2.59. The molecule has 2 aromatic rings. The molecule has 3 amide bonds. The summed E-state index contributed by atoms with van der Waals surface area (Å²) in [5.74, 6) is -3.16. The molecule has 1 N–H and O–H groups in total. The van der Waals surface area contributed by atoms with E-state index >= 15 is 0 Å². The quantitative estimate of drug-likeness (QED) is 0.348. The smallest absolute Gasteiger partial charge is 0.338 e. The average Bonchev–Trinajstić information content (AvgIpc) is 3.44. The average molecular weight is 536 g/mol. The molecule has 7 nitrogen and oxygen atoms in total. The van der Waals surface area contributed by atoms with Crippen LogP contribution in [0.3, 0.4) is 0 Å². The zero-order chi connectivity index (χ0) is 25.0. The standard InChI is InChI=1S/C25H21Cl3N2O5/c1-11-5-6-13(26)8-17(11)29-18(31)10-35-25(34)12-3-2-4-14(7-12)30-23(32)19-15-9-16(20(19)24(30)33)22(28)21(15)27/h2-8,15-16,19-22H,9-10H2,1H3,(H,29,31)/t15-,16-,19-,20-,21+,22+/m1/s1. The summed E-state index contributed by atoms with van der Waals surface area (Å²) < 4.78 is 5.14. The van der Waals surface area contributed by atoms with Crippen molar-refractivity contribution >= 4 is 69.9 Å². The number of anilines is 2. The Morgan fingerprint density at radius 3 is 2.34 bits per heavy atom. The van der Waals surface area contributed by atoms with Gasteiger partial charge in [-0.1, -0.05) is 23.7 Å². The molecule has 3 aliphatic rings. The number of halogens is 3. The Morgan fingerprint density at radius 2 is 1.69 bits per heavy atom. The van der Waals surface area contributed by atoms with Gasteiger partial charge in [-0.3, -0.25) is 19.3 Å². The van der Waals surface area contributed by atoms with Gasteiger partial charge < -0.3 is 10.1 Å². The summed E-state index contributed by atoms with van der Waals surface area (Å²) in [5.41, 5.74) is 1.71. The van der Waals surface area contributed by atoms with Crippen molar-refractivity contribution in [1.82, 2.24) is 0 Å². The van der Waals surface area contributed by atoms with Crippen molar-refractivity contribution in [3.63, 3.8) is 0 Å². The third-order valence-electron chi connectivity index (χ3n) is 7.14. The molecule has 5 rings (SSSR count). The van der Waals surface area contributed by atoms with Gasteiger partial charge in [0.2, 0.25) is 11.8 Å². The lowest BCUT2D eigenvalue weighted by Crippen LogP contribution is -2.37. The molecule has 182 valence electrons. The molecule has 2 aromatic carbocycles. The van der Waals surface area contributed by atoms with Crippen molar-refractivity contribution in [2.24, 2.45) is 23.7 Å². The number of nitrogens with zero attached hydrogens (tertiary/aromatic N) is 1. The fourth-order valence-electron chi connectivity index (χ4n) is 5.50. The molecule has 1 heterocycles. The second-order valence-corrected chi connectivity index (χ2v) is 10.6. The highest BCUT2D eigenvalue weighted by atomic mass is 35.5. The summed E-state index contributed by atoms with van der Waals surface area (Å²) in [6.07, 6.45) is 0.673. The zero-order valence-corrected chi connectivity index (χ0v) is 20.8. The monoisotopic (exact) mass is 534 g/mol. The van der Waals surface area contributed by atoms with E-state index in [9.17, 15) is 19.2 Å². The minimum absolute atomic E-state index is 0.111. The summed E-state index contributed by atoms with van der Waals surface area (Å²) >= 11 is 18.8. The number of hydrogen-bond donors (Lipinski definition) is 1. The molecular formula is C25H21Cl3N2O5. The van der Waals surface area contributed by atoms with Crippen LogP contribution in [0.5, 0.6) is 0 Å². The van der Waals surface area contributed by atoms with Crippen molar-refractivity contribution in [2.45, 2.75) is 24.1 Å². The van der Waals surface area contributed by atoms with Gasteiger partial charge in [0, 0.05) is 10.7 Å². The lowest BCUT2D eigenvalue weighted by molar-refractivity contribution is -0.123. The van der Waals surface area contributed by atoms with E-state index in [1.54, 1.807) is 30.3 Å². The van der Waals surface area contributed by atoms with Gasteiger partial charge in [-0.2, -0.15) is 0 Å². The summed E-state index contributed by atoms with van der Waals surface area (Å²) in [4.78, 5) is 52.4. The Kier molecular flexibility index (Phi) is 6.28. The molecule has 0 aromatic heterocycles. The van der Waals surface area contributed by atoms with Gasteiger partial charge in [-0.05, 0) is 61.1 Å². The van der Waals surface area contributed by atoms with Crippen LogP contribution in [0.15, 0.2) is 42.5 Å². The topological polar surface area (TPSA) is 92.8 Å². The Hall–Kier alpha value is -2.61. The van der Waals surface area contributed by atoms with Crippen molar-refractivity contribution in [2.75, 3.05) is 16.8 Å². The highest BCUT2D eigenvalue weighted by molar-refractivity contribution is 6.32. The van der Waals surface area contributed by atoms with Crippen LogP contribution in [-0.2, 0) is 19.1 Å². The van der Waals surface area contributed by atoms with Crippen molar-refractivity contribution in [3.05, 3.63) is 58.6 Å². The lowest BCUT2D eigenvalue weighted by atomic mass is 9.80. The molecule has 0 unspecified atom stereocenters. The van der Waals surface area contributed by atoms with Gasteiger partial charge in [-0.15, -0.1) is 23.2 Å². The molecular weight excluding hydrogens is 515 g/mol. The van der Waals surface area contributed by atoms with Gasteiger partial charge in [0.25, 0.3) is 5.91 Å². The number of alkyl halides is 2. The van der Waals surface area contributed by atoms with E-state index in [0.29, 0.717) is 17.1 Å². The number of rotatable bonds is 5. The molecule has 10 heteroatoms. The predicted octanol–water partition coefficient (Wildman–Crippen LogP) is 4.41. The molecule has 0 spiro atoms. The van der Waals surface area contributed by atoms with E-state index in [0.717, 1.165) is 10.5 Å². The first-order valence-corrected chi connectivity index (χ1v) is 12.4. The summed E-state index contributed by atoms with van der Waals surface area (Å²) in [7, 11) is 0. The number of hydrogen-bond acceptors (Lipinski definition) is 5. The van der Waals surface area contributed by atoms with Crippen LogP contribution in [-0.4, -0.2) is 41.1 Å². The molecule has 2 saturated carbocycles. The van der Waals surface area contributed by atoms with Crippen molar-refractivity contribution in [1.29, 1.82) is 0 Å². The van der Waals surface area contributed by atoms with Crippen LogP contribution in [0.2, 0.25) is 5.02 Å². The minimum atomic E-state index is -0.759. The van der Waals surface area contributed by atoms with Crippen LogP contribution < -0.4 is 10.2 Å². The number of imide groups is 1. The number of esters is 1. The van der Waals surface area contributed by atoms with E-state index in [4.69, 9.17) is 39.5 Å². The molecule has 3 fully saturated rings. The van der Waals surface area contributed by atoms with Crippen LogP contribution in [0.4, 0.5) is 11.4 Å². The number of carbonyl (C=O) groups is 4. The normalized spacial score (nSPS) is 28.9. The molecule has 6 atom stereocenters. The number of benzene rings is 2. The summed E-state index contributed by atoms with van der Waals surface area (Å²) in [5, 5.41) is 2.42. The van der Waals surface area contributed by atoms with Crippen LogP contribution >= 0.6 is 34.8 Å². The number of aryl methyl sites for hydroxylation is 1. The first-order valence-electron chi connectivity index (χ1n) is 11.2. The Bertz CT molecular complexity index is 1220. The fourth-order valence-corrected chi connectivity index (χ4v) is 6.57. The van der Waals surface area contributed by atoms with Crippen LogP contribution in [0.25, 0.3) is 0 Å². The third kappa shape index (κ3) is 4.09. The predicted molar refractivity (Wildman–Crippen MR) is 132 cm³/mol. The zero-order valence-electron chi connectivity index (χ0n) is 18.5. The lowest BCUT2D eigenvalue weighted by Gasteiger charge is -2.28. The second-order valence-electron chi connectivity index (χ2n) is 9.15. The van der Waals surface area contributed by atoms with E-state index in [1.807, 2.05) is 6.92 Å². The maximum absolute atomic E-state index is 13.2. The SMILES string of the molecule is Cc1ccc(Cl)cc1NC(=O)COC(=O)c1cccc(N2C(=O)[C@@H]3[C@H]4C[C@@H]([C@H](Cl)[C@H]4Cl)[C@H]3C2=O)c1. The highest BCUT2D eigenvalue weighted by Gasteiger charge is 2.66. The van der Waals surface area contributed by atoms with Gasteiger partial charge in [0.15, 0.2) is 6.61 Å². The number of fused-ring (bicyclic) bond motifs is 5.